The van der Waals surface area contributed by atoms with Gasteiger partial charge < -0.3 is 0 Å². The Labute approximate surface area is 95.4 Å². The molecule has 6 heteroatoms. The molecule has 15 heavy (non-hydrogen) atoms. The largest absolute Gasteiger partial charge is 0.296 e. The lowest BCUT2D eigenvalue weighted by Crippen LogP contribution is -2.01. The fraction of sp³-hybridized carbons (Fsp3) is 0. The highest BCUT2D eigenvalue weighted by Gasteiger charge is 2.10. The van der Waals surface area contributed by atoms with Crippen LogP contribution < -0.4 is 0 Å². The molecule has 4 nitrogen and oxygen atoms in total. The first-order chi connectivity index (χ1) is 7.22. The third-order valence-electron chi connectivity index (χ3n) is 1.77. The first-order valence-electron chi connectivity index (χ1n) is 4.04. The van der Waals surface area contributed by atoms with Gasteiger partial charge in [-0.1, -0.05) is 29.3 Å². The standard InChI is InChI=1S/C9H5Cl2N3O/c10-7-2-1-3-8(11)9(7)14-12-4-6(5-15)13-14/h1-5H. The molecule has 2 rings (SSSR count). The van der Waals surface area contributed by atoms with Crippen molar-refractivity contribution in [3.05, 3.63) is 40.1 Å². The normalized spacial score (nSPS) is 10.3. The summed E-state index contributed by atoms with van der Waals surface area (Å²) < 4.78 is 0. The molecule has 0 radical (unpaired) electrons. The second kappa shape index (κ2) is 4.00. The lowest BCUT2D eigenvalue weighted by molar-refractivity contribution is 0.111. The molecule has 0 spiro atoms. The van der Waals surface area contributed by atoms with Gasteiger partial charge in [0.15, 0.2) is 6.29 Å². The van der Waals surface area contributed by atoms with E-state index in [1.807, 2.05) is 0 Å². The lowest BCUT2D eigenvalue weighted by Gasteiger charge is -2.03. The van der Waals surface area contributed by atoms with Gasteiger partial charge in [-0.05, 0) is 12.1 Å². The minimum absolute atomic E-state index is 0.228. The van der Waals surface area contributed by atoms with Crippen molar-refractivity contribution in [3.63, 3.8) is 0 Å². The predicted octanol–water partition coefficient (Wildman–Crippen LogP) is 2.39. The molecule has 76 valence electrons. The monoisotopic (exact) mass is 241 g/mol. The van der Waals surface area contributed by atoms with Crippen LogP contribution in [0.15, 0.2) is 24.4 Å². The third-order valence-corrected chi connectivity index (χ3v) is 2.38. The van der Waals surface area contributed by atoms with Gasteiger partial charge in [0.2, 0.25) is 0 Å². The van der Waals surface area contributed by atoms with Gasteiger partial charge in [0, 0.05) is 0 Å². The molecular formula is C9H5Cl2N3O. The van der Waals surface area contributed by atoms with Crippen molar-refractivity contribution in [2.75, 3.05) is 0 Å². The van der Waals surface area contributed by atoms with E-state index in [4.69, 9.17) is 23.2 Å². The molecular weight excluding hydrogens is 237 g/mol. The summed E-state index contributed by atoms with van der Waals surface area (Å²) in [6.45, 7) is 0. The van der Waals surface area contributed by atoms with E-state index < -0.39 is 0 Å². The number of rotatable bonds is 2. The highest BCUT2D eigenvalue weighted by Crippen LogP contribution is 2.26. The third kappa shape index (κ3) is 1.86. The SMILES string of the molecule is O=Cc1cnn(-c2c(Cl)cccc2Cl)n1. The molecule has 0 unspecified atom stereocenters. The van der Waals surface area contributed by atoms with Crippen molar-refractivity contribution in [3.8, 4) is 5.69 Å². The van der Waals surface area contributed by atoms with E-state index in [2.05, 4.69) is 10.2 Å². The fourth-order valence-corrected chi connectivity index (χ4v) is 1.67. The summed E-state index contributed by atoms with van der Waals surface area (Å²) in [6, 6.07) is 5.07. The Morgan fingerprint density at radius 2 is 1.93 bits per heavy atom. The van der Waals surface area contributed by atoms with Crippen LogP contribution in [-0.4, -0.2) is 21.3 Å². The number of para-hydroxylation sites is 1. The molecule has 0 N–H and O–H groups in total. The number of hydrogen-bond donors (Lipinski definition) is 0. The van der Waals surface area contributed by atoms with Crippen LogP contribution in [0.5, 0.6) is 0 Å². The molecule has 1 aromatic carbocycles. The number of hydrogen-bond acceptors (Lipinski definition) is 3. The van der Waals surface area contributed by atoms with Crippen LogP contribution in [0.2, 0.25) is 10.0 Å². The number of nitrogens with zero attached hydrogens (tertiary/aromatic N) is 3. The summed E-state index contributed by atoms with van der Waals surface area (Å²) in [5, 5.41) is 8.63. The zero-order chi connectivity index (χ0) is 10.8. The summed E-state index contributed by atoms with van der Waals surface area (Å²) >= 11 is 11.9. The zero-order valence-electron chi connectivity index (χ0n) is 7.39. The van der Waals surface area contributed by atoms with E-state index in [1.54, 1.807) is 18.2 Å². The van der Waals surface area contributed by atoms with E-state index >= 15 is 0 Å². The zero-order valence-corrected chi connectivity index (χ0v) is 8.90. The number of aromatic nitrogens is 3. The van der Waals surface area contributed by atoms with Crippen LogP contribution >= 0.6 is 23.2 Å². The van der Waals surface area contributed by atoms with Crippen molar-refractivity contribution >= 4 is 29.5 Å². The quantitative estimate of drug-likeness (QED) is 0.759. The number of aldehydes is 1. The molecule has 0 bridgehead atoms. The van der Waals surface area contributed by atoms with E-state index in [1.165, 1.54) is 11.0 Å². The second-order valence-electron chi connectivity index (χ2n) is 2.75. The molecule has 2 aromatic rings. The molecule has 0 saturated carbocycles. The van der Waals surface area contributed by atoms with Gasteiger partial charge in [0.25, 0.3) is 0 Å². The maximum absolute atomic E-state index is 10.4. The van der Waals surface area contributed by atoms with Gasteiger partial charge in [0.05, 0.1) is 16.2 Å². The number of halogens is 2. The molecule has 0 aliphatic carbocycles. The average Bonchev–Trinajstić information content (AvgIpc) is 2.66. The van der Waals surface area contributed by atoms with Crippen LogP contribution in [0.1, 0.15) is 10.5 Å². The molecule has 1 heterocycles. The second-order valence-corrected chi connectivity index (χ2v) is 3.56. The van der Waals surface area contributed by atoms with Gasteiger partial charge in [0.1, 0.15) is 11.4 Å². The van der Waals surface area contributed by atoms with E-state index in [0.29, 0.717) is 22.0 Å². The minimum Gasteiger partial charge on any atom is -0.296 e. The molecule has 0 atom stereocenters. The van der Waals surface area contributed by atoms with Crippen molar-refractivity contribution in [2.24, 2.45) is 0 Å². The summed E-state index contributed by atoms with van der Waals surface area (Å²) in [6.07, 6.45) is 1.95. The summed E-state index contributed by atoms with van der Waals surface area (Å²) in [7, 11) is 0. The Morgan fingerprint density at radius 3 is 2.47 bits per heavy atom. The summed E-state index contributed by atoms with van der Waals surface area (Å²) in [4.78, 5) is 11.7. The average molecular weight is 242 g/mol. The Hall–Kier alpha value is -1.39. The Morgan fingerprint density at radius 1 is 1.27 bits per heavy atom. The van der Waals surface area contributed by atoms with Crippen LogP contribution in [0, 0.1) is 0 Å². The number of benzene rings is 1. The highest BCUT2D eigenvalue weighted by molar-refractivity contribution is 6.37. The highest BCUT2D eigenvalue weighted by atomic mass is 35.5. The lowest BCUT2D eigenvalue weighted by atomic mass is 10.3. The van der Waals surface area contributed by atoms with Gasteiger partial charge in [-0.3, -0.25) is 4.79 Å². The topological polar surface area (TPSA) is 47.8 Å². The summed E-state index contributed by atoms with van der Waals surface area (Å²) in [5.41, 5.74) is 0.694. The first kappa shape index (κ1) is 10.1. The smallest absolute Gasteiger partial charge is 0.171 e. The van der Waals surface area contributed by atoms with Crippen molar-refractivity contribution in [1.82, 2.24) is 15.0 Å². The number of carbonyl (C=O) groups excluding carboxylic acids is 1. The van der Waals surface area contributed by atoms with Crippen LogP contribution in [0.25, 0.3) is 5.69 Å². The maximum Gasteiger partial charge on any atom is 0.171 e. The van der Waals surface area contributed by atoms with Crippen LogP contribution in [0.3, 0.4) is 0 Å². The summed E-state index contributed by atoms with van der Waals surface area (Å²) in [5.74, 6) is 0. The van der Waals surface area contributed by atoms with E-state index in [-0.39, 0.29) is 5.69 Å². The molecule has 0 aliphatic rings. The Kier molecular flexibility index (Phi) is 2.70. The molecule has 0 aliphatic heterocycles. The first-order valence-corrected chi connectivity index (χ1v) is 4.80. The Bertz CT molecular complexity index is 490. The van der Waals surface area contributed by atoms with Crippen molar-refractivity contribution < 1.29 is 4.79 Å². The van der Waals surface area contributed by atoms with Gasteiger partial charge in [-0.25, -0.2) is 0 Å². The fourth-order valence-electron chi connectivity index (χ4n) is 1.12. The molecule has 0 amide bonds. The minimum atomic E-state index is 0.228. The number of carbonyl (C=O) groups is 1. The van der Waals surface area contributed by atoms with Crippen molar-refractivity contribution in [2.45, 2.75) is 0 Å². The van der Waals surface area contributed by atoms with Gasteiger partial charge in [-0.2, -0.15) is 5.10 Å². The molecule has 1 aromatic heterocycles. The van der Waals surface area contributed by atoms with E-state index in [0.717, 1.165) is 0 Å². The Balaban J connectivity index is 2.58. The van der Waals surface area contributed by atoms with Crippen LogP contribution in [0.4, 0.5) is 0 Å². The van der Waals surface area contributed by atoms with Crippen molar-refractivity contribution in [1.29, 1.82) is 0 Å². The maximum atomic E-state index is 10.4. The van der Waals surface area contributed by atoms with Crippen LogP contribution in [-0.2, 0) is 0 Å². The van der Waals surface area contributed by atoms with Gasteiger partial charge >= 0.3 is 0 Å². The predicted molar refractivity (Wildman–Crippen MR) is 56.8 cm³/mol. The molecule has 0 fully saturated rings. The molecule has 0 saturated heterocycles. The van der Waals surface area contributed by atoms with E-state index in [9.17, 15) is 4.79 Å². The van der Waals surface area contributed by atoms with Gasteiger partial charge in [-0.15, -0.1) is 9.90 Å².